The van der Waals surface area contributed by atoms with Crippen LogP contribution >= 0.6 is 0 Å². The minimum Gasteiger partial charge on any atom is -0.436 e. The molecule has 8 heteroatoms. The van der Waals surface area contributed by atoms with Crippen LogP contribution in [0.1, 0.15) is 24.4 Å². The highest BCUT2D eigenvalue weighted by Crippen LogP contribution is 2.31. The zero-order valence-corrected chi connectivity index (χ0v) is 18.5. The van der Waals surface area contributed by atoms with E-state index in [0.717, 1.165) is 49.6 Å². The average Bonchev–Trinajstić information content (AvgIpc) is 3.20. The molecule has 0 bridgehead atoms. The van der Waals surface area contributed by atoms with Crippen LogP contribution in [0.3, 0.4) is 0 Å². The molecule has 0 spiro atoms. The van der Waals surface area contributed by atoms with E-state index in [2.05, 4.69) is 38.3 Å². The van der Waals surface area contributed by atoms with Gasteiger partial charge < -0.3 is 25.3 Å². The van der Waals surface area contributed by atoms with Gasteiger partial charge in [-0.2, -0.15) is 0 Å². The summed E-state index contributed by atoms with van der Waals surface area (Å²) in [6, 6.07) is 6.31. The van der Waals surface area contributed by atoms with Crippen molar-refractivity contribution in [3.05, 3.63) is 72.2 Å². The molecule has 2 aromatic heterocycles. The molecule has 1 aliphatic heterocycles. The van der Waals surface area contributed by atoms with Gasteiger partial charge >= 0.3 is 0 Å². The number of H-pyrrole nitrogens is 1. The summed E-state index contributed by atoms with van der Waals surface area (Å²) in [5.41, 5.74) is 9.74. The SMILES string of the molecule is C=C/C=C(\C(N)c1cc(Oc2ccc3[nH]c(C)cc3c2F)ncn1)N1CCN(CC)CC1. The summed E-state index contributed by atoms with van der Waals surface area (Å²) in [4.78, 5) is 16.3. The van der Waals surface area contributed by atoms with Crippen LogP contribution in [0.15, 0.2) is 55.0 Å². The molecule has 3 aromatic rings. The van der Waals surface area contributed by atoms with Gasteiger partial charge in [-0.15, -0.1) is 0 Å². The number of aromatic nitrogens is 3. The standard InChI is InChI=1S/C24H29FN6O/c1-4-6-20(31-11-9-30(5-2)10-12-31)24(26)19-14-22(28-15-27-19)32-21-8-7-18-17(23(21)25)13-16(3)29-18/h4,6-8,13-15,24,29H,1,5,9-12,26H2,2-3H3/b20-6+. The maximum absolute atomic E-state index is 14.9. The van der Waals surface area contributed by atoms with E-state index in [4.69, 9.17) is 10.5 Å². The van der Waals surface area contributed by atoms with Gasteiger partial charge in [0.05, 0.1) is 11.7 Å². The van der Waals surface area contributed by atoms with Crippen molar-refractivity contribution < 1.29 is 9.13 Å². The van der Waals surface area contributed by atoms with E-state index < -0.39 is 11.9 Å². The lowest BCUT2D eigenvalue weighted by atomic mass is 10.1. The first kappa shape index (κ1) is 22.0. The smallest absolute Gasteiger partial charge is 0.222 e. The van der Waals surface area contributed by atoms with Gasteiger partial charge in [-0.05, 0) is 37.7 Å². The summed E-state index contributed by atoms with van der Waals surface area (Å²) >= 11 is 0. The van der Waals surface area contributed by atoms with Gasteiger partial charge in [-0.1, -0.05) is 19.6 Å². The summed E-state index contributed by atoms with van der Waals surface area (Å²) in [6.07, 6.45) is 5.06. The van der Waals surface area contributed by atoms with Crippen molar-refractivity contribution in [3.8, 4) is 11.6 Å². The predicted octanol–water partition coefficient (Wildman–Crippen LogP) is 3.90. The fourth-order valence-corrected chi connectivity index (χ4v) is 4.06. The molecule has 1 aliphatic rings. The van der Waals surface area contributed by atoms with Crippen LogP contribution in [-0.4, -0.2) is 57.5 Å². The number of hydrogen-bond acceptors (Lipinski definition) is 6. The van der Waals surface area contributed by atoms with Gasteiger partial charge in [0.2, 0.25) is 5.88 Å². The van der Waals surface area contributed by atoms with Gasteiger partial charge in [-0.25, -0.2) is 14.4 Å². The number of aryl methyl sites for hydroxylation is 1. The van der Waals surface area contributed by atoms with Crippen molar-refractivity contribution in [1.29, 1.82) is 0 Å². The number of ether oxygens (including phenoxy) is 1. The molecule has 3 heterocycles. The zero-order chi connectivity index (χ0) is 22.7. The van der Waals surface area contributed by atoms with E-state index in [1.54, 1.807) is 30.3 Å². The molecule has 1 atom stereocenters. The Hall–Kier alpha value is -3.23. The number of allylic oxidation sites excluding steroid dienone is 2. The summed E-state index contributed by atoms with van der Waals surface area (Å²) in [5.74, 6) is -0.0886. The average molecular weight is 437 g/mol. The molecule has 168 valence electrons. The largest absolute Gasteiger partial charge is 0.436 e. The first-order valence-electron chi connectivity index (χ1n) is 10.8. The van der Waals surface area contributed by atoms with Crippen molar-refractivity contribution in [2.24, 2.45) is 5.73 Å². The number of piperazine rings is 1. The van der Waals surface area contributed by atoms with Gasteiger partial charge in [0.25, 0.3) is 0 Å². The van der Waals surface area contributed by atoms with Crippen molar-refractivity contribution in [2.45, 2.75) is 19.9 Å². The number of nitrogens with one attached hydrogen (secondary N) is 1. The van der Waals surface area contributed by atoms with E-state index >= 15 is 0 Å². The Morgan fingerprint density at radius 3 is 2.78 bits per heavy atom. The second-order valence-electron chi connectivity index (χ2n) is 7.90. The Morgan fingerprint density at radius 1 is 1.28 bits per heavy atom. The first-order chi connectivity index (χ1) is 15.5. The molecule has 1 aromatic carbocycles. The molecule has 7 nitrogen and oxygen atoms in total. The third kappa shape index (κ3) is 4.51. The lowest BCUT2D eigenvalue weighted by molar-refractivity contribution is 0.159. The molecule has 0 amide bonds. The van der Waals surface area contributed by atoms with E-state index in [0.29, 0.717) is 11.1 Å². The fourth-order valence-electron chi connectivity index (χ4n) is 4.06. The van der Waals surface area contributed by atoms with Crippen molar-refractivity contribution >= 4 is 10.9 Å². The molecule has 0 radical (unpaired) electrons. The molecule has 0 aliphatic carbocycles. The van der Waals surface area contributed by atoms with Crippen LogP contribution in [0.4, 0.5) is 4.39 Å². The number of hydrogen-bond donors (Lipinski definition) is 2. The number of aromatic amines is 1. The van der Waals surface area contributed by atoms with Crippen molar-refractivity contribution in [2.75, 3.05) is 32.7 Å². The lowest BCUT2D eigenvalue weighted by Crippen LogP contribution is -2.47. The van der Waals surface area contributed by atoms with E-state index in [1.165, 1.54) is 6.33 Å². The summed E-state index contributed by atoms with van der Waals surface area (Å²) in [6.45, 7) is 12.7. The number of fused-ring (bicyclic) bond motifs is 1. The molecular formula is C24H29FN6O. The number of benzene rings is 1. The normalized spacial score (nSPS) is 16.4. The lowest BCUT2D eigenvalue weighted by Gasteiger charge is -2.38. The number of likely N-dealkylation sites (N-methyl/N-ethyl adjacent to an activating group) is 1. The van der Waals surface area contributed by atoms with E-state index in [1.807, 2.05) is 13.0 Å². The second kappa shape index (κ2) is 9.50. The molecule has 32 heavy (non-hydrogen) atoms. The topological polar surface area (TPSA) is 83.3 Å². The third-order valence-corrected chi connectivity index (χ3v) is 5.83. The Morgan fingerprint density at radius 2 is 2.06 bits per heavy atom. The maximum Gasteiger partial charge on any atom is 0.222 e. The highest BCUT2D eigenvalue weighted by Gasteiger charge is 2.24. The number of rotatable bonds is 7. The molecule has 0 saturated carbocycles. The third-order valence-electron chi connectivity index (χ3n) is 5.83. The summed E-state index contributed by atoms with van der Waals surface area (Å²) in [5, 5.41) is 0.480. The van der Waals surface area contributed by atoms with E-state index in [-0.39, 0.29) is 11.6 Å². The van der Waals surface area contributed by atoms with Crippen LogP contribution in [0.5, 0.6) is 11.6 Å². The Bertz CT molecular complexity index is 1130. The Labute approximate surface area is 187 Å². The number of nitrogens with two attached hydrogens (primary N) is 1. The Kier molecular flexibility index (Phi) is 6.53. The van der Waals surface area contributed by atoms with Gasteiger partial charge in [0.15, 0.2) is 11.6 Å². The summed E-state index contributed by atoms with van der Waals surface area (Å²) < 4.78 is 20.7. The summed E-state index contributed by atoms with van der Waals surface area (Å²) in [7, 11) is 0. The maximum atomic E-state index is 14.9. The van der Waals surface area contributed by atoms with E-state index in [9.17, 15) is 4.39 Å². The molecule has 1 saturated heterocycles. The monoisotopic (exact) mass is 436 g/mol. The molecule has 1 unspecified atom stereocenters. The highest BCUT2D eigenvalue weighted by molar-refractivity contribution is 5.82. The van der Waals surface area contributed by atoms with Crippen LogP contribution < -0.4 is 10.5 Å². The van der Waals surface area contributed by atoms with Crippen LogP contribution in [0.25, 0.3) is 10.9 Å². The number of halogens is 1. The van der Waals surface area contributed by atoms with Crippen LogP contribution in [0, 0.1) is 12.7 Å². The second-order valence-corrected chi connectivity index (χ2v) is 7.90. The van der Waals surface area contributed by atoms with Crippen molar-refractivity contribution in [1.82, 2.24) is 24.8 Å². The predicted molar refractivity (Wildman–Crippen MR) is 124 cm³/mol. The highest BCUT2D eigenvalue weighted by atomic mass is 19.1. The molecule has 4 rings (SSSR count). The van der Waals surface area contributed by atoms with Gasteiger partial charge in [0.1, 0.15) is 6.33 Å². The van der Waals surface area contributed by atoms with Crippen LogP contribution in [-0.2, 0) is 0 Å². The van der Waals surface area contributed by atoms with Crippen LogP contribution in [0.2, 0.25) is 0 Å². The first-order valence-corrected chi connectivity index (χ1v) is 10.8. The molecular weight excluding hydrogens is 407 g/mol. The fraction of sp³-hybridized carbons (Fsp3) is 0.333. The van der Waals surface area contributed by atoms with Crippen molar-refractivity contribution in [3.63, 3.8) is 0 Å². The molecule has 1 fully saturated rings. The zero-order valence-electron chi connectivity index (χ0n) is 18.5. The quantitative estimate of drug-likeness (QED) is 0.547. The Balaban J connectivity index is 1.56. The number of nitrogens with zero attached hydrogens (tertiary/aromatic N) is 4. The minimum atomic E-state index is -0.480. The van der Waals surface area contributed by atoms with Gasteiger partial charge in [-0.3, -0.25) is 0 Å². The molecule has 3 N–H and O–H groups in total. The minimum absolute atomic E-state index is 0.104. The van der Waals surface area contributed by atoms with Gasteiger partial charge in [0, 0.05) is 54.5 Å².